The minimum absolute atomic E-state index is 0.146. The first kappa shape index (κ1) is 28.8. The van der Waals surface area contributed by atoms with Crippen LogP contribution >= 0.6 is 22.9 Å². The van der Waals surface area contributed by atoms with Crippen molar-refractivity contribution in [3.63, 3.8) is 0 Å². The van der Waals surface area contributed by atoms with Crippen LogP contribution in [0.25, 0.3) is 32.2 Å². The number of carbonyl (C=O) groups is 1. The minimum atomic E-state index is -1.04. The quantitative estimate of drug-likeness (QED) is 0.251. The van der Waals surface area contributed by atoms with Crippen LogP contribution in [-0.4, -0.2) is 57.3 Å². The lowest BCUT2D eigenvalue weighted by atomic mass is 9.99. The predicted molar refractivity (Wildman–Crippen MR) is 168 cm³/mol. The summed E-state index contributed by atoms with van der Waals surface area (Å²) in [5.41, 5.74) is 5.39. The Bertz CT molecular complexity index is 2060. The molecule has 0 aliphatic heterocycles. The number of fused-ring (bicyclic) bond motifs is 3. The number of likely N-dealkylation sites (N-methyl/N-ethyl adjacent to an activating group) is 1. The van der Waals surface area contributed by atoms with Gasteiger partial charge < -0.3 is 14.7 Å². The second-order valence-electron chi connectivity index (χ2n) is 11.0. The molecule has 5 aromatic rings. The van der Waals surface area contributed by atoms with Crippen molar-refractivity contribution in [2.75, 3.05) is 20.7 Å². The number of benzene rings is 2. The highest BCUT2D eigenvalue weighted by atomic mass is 35.5. The highest BCUT2D eigenvalue weighted by molar-refractivity contribution is 7.18. The molecule has 1 aliphatic rings. The molecule has 1 unspecified atom stereocenters. The number of hydrogen-bond acceptors (Lipinski definition) is 8. The smallest absolute Gasteiger partial charge is 0.338 e. The number of halogens is 1. The maximum Gasteiger partial charge on any atom is 0.338 e. The van der Waals surface area contributed by atoms with E-state index in [0.29, 0.717) is 54.5 Å². The molecule has 0 saturated carbocycles. The number of ether oxygens (including phenoxy) is 1. The molecule has 0 amide bonds. The van der Waals surface area contributed by atoms with Gasteiger partial charge in [-0.15, -0.1) is 11.3 Å². The molecule has 3 heterocycles. The Balaban J connectivity index is 1.34. The number of carboxylic acids is 1. The number of carboxylic acid groups (broad SMARTS) is 1. The van der Waals surface area contributed by atoms with Crippen molar-refractivity contribution in [3.05, 3.63) is 84.9 Å². The molecular formula is C32H28ClN5O4S. The van der Waals surface area contributed by atoms with Crippen molar-refractivity contribution >= 4 is 50.0 Å². The highest BCUT2D eigenvalue weighted by Gasteiger charge is 2.29. The van der Waals surface area contributed by atoms with Gasteiger partial charge in [0.1, 0.15) is 24.3 Å². The SMILES string of the molecule is Cc1cc(-c2cc(Cl)ccc2OCCn2c(C)nc3cc4c(c(C#N)c3c2=O)CC(N(C)C)C4)c2scc(C(=O)O)c2n1. The van der Waals surface area contributed by atoms with E-state index < -0.39 is 5.97 Å². The van der Waals surface area contributed by atoms with Crippen molar-refractivity contribution in [1.29, 1.82) is 5.26 Å². The number of aryl methyl sites for hydroxylation is 2. The normalized spacial score (nSPS) is 14.4. The molecule has 11 heteroatoms. The number of pyridine rings is 1. The van der Waals surface area contributed by atoms with E-state index in [4.69, 9.17) is 21.3 Å². The van der Waals surface area contributed by atoms with E-state index in [1.807, 2.05) is 33.2 Å². The molecule has 43 heavy (non-hydrogen) atoms. The number of hydrogen-bond donors (Lipinski definition) is 1. The fourth-order valence-corrected chi connectivity index (χ4v) is 7.07. The summed E-state index contributed by atoms with van der Waals surface area (Å²) in [4.78, 5) is 36.9. The Morgan fingerprint density at radius 1 is 1.21 bits per heavy atom. The van der Waals surface area contributed by atoms with Crippen LogP contribution in [-0.2, 0) is 19.4 Å². The molecular weight excluding hydrogens is 586 g/mol. The first-order chi connectivity index (χ1) is 20.6. The summed E-state index contributed by atoms with van der Waals surface area (Å²) in [6, 6.07) is 11.7. The Kier molecular flexibility index (Phi) is 7.42. The predicted octanol–water partition coefficient (Wildman–Crippen LogP) is 5.62. The minimum Gasteiger partial charge on any atom is -0.491 e. The van der Waals surface area contributed by atoms with E-state index in [-0.39, 0.29) is 30.3 Å². The molecule has 1 N–H and O–H groups in total. The first-order valence-corrected chi connectivity index (χ1v) is 15.0. The monoisotopic (exact) mass is 613 g/mol. The molecule has 0 radical (unpaired) electrons. The second-order valence-corrected chi connectivity index (χ2v) is 12.3. The summed E-state index contributed by atoms with van der Waals surface area (Å²) in [6.45, 7) is 3.95. The molecule has 0 saturated heterocycles. The average molecular weight is 614 g/mol. The Morgan fingerprint density at radius 3 is 2.72 bits per heavy atom. The lowest BCUT2D eigenvalue weighted by Crippen LogP contribution is -2.28. The maximum absolute atomic E-state index is 13.8. The molecule has 0 spiro atoms. The summed E-state index contributed by atoms with van der Waals surface area (Å²) < 4.78 is 8.51. The standard InChI is InChI=1S/C32H28ClN5O4S/c1-16-9-23(30-29(35-16)25(15-43-30)32(40)41)22-12-19(33)5-6-27(22)42-8-7-38-17(2)36-26-11-18-10-20(37(3)4)13-21(18)24(14-34)28(26)31(38)39/h5-6,9,11-12,15,20H,7-8,10,13H2,1-4H3,(H,40,41). The molecule has 0 fully saturated rings. The summed E-state index contributed by atoms with van der Waals surface area (Å²) >= 11 is 7.69. The third kappa shape index (κ3) is 5.03. The number of nitriles is 1. The van der Waals surface area contributed by atoms with Crippen LogP contribution in [0.15, 0.2) is 40.5 Å². The topological polar surface area (TPSA) is 121 Å². The van der Waals surface area contributed by atoms with Crippen LogP contribution in [0.5, 0.6) is 5.75 Å². The molecule has 3 aromatic heterocycles. The number of nitrogens with zero attached hydrogens (tertiary/aromatic N) is 5. The lowest BCUT2D eigenvalue weighted by molar-refractivity contribution is 0.0699. The number of aromatic nitrogens is 3. The zero-order valence-corrected chi connectivity index (χ0v) is 25.6. The molecule has 1 atom stereocenters. The average Bonchev–Trinajstić information content (AvgIpc) is 3.58. The van der Waals surface area contributed by atoms with Crippen LogP contribution in [0.3, 0.4) is 0 Å². The maximum atomic E-state index is 13.8. The van der Waals surface area contributed by atoms with Crippen molar-refractivity contribution < 1.29 is 14.6 Å². The van der Waals surface area contributed by atoms with Crippen molar-refractivity contribution in [2.45, 2.75) is 39.3 Å². The van der Waals surface area contributed by atoms with Crippen molar-refractivity contribution in [1.82, 2.24) is 19.4 Å². The van der Waals surface area contributed by atoms with E-state index >= 15 is 0 Å². The number of thiophene rings is 1. The van der Waals surface area contributed by atoms with Crippen LogP contribution in [0, 0.1) is 25.2 Å². The Labute approximate surface area is 256 Å². The van der Waals surface area contributed by atoms with Crippen molar-refractivity contribution in [3.8, 4) is 22.9 Å². The molecule has 2 aromatic carbocycles. The zero-order chi connectivity index (χ0) is 30.6. The van der Waals surface area contributed by atoms with Gasteiger partial charge in [0.2, 0.25) is 0 Å². The molecule has 218 valence electrons. The van der Waals surface area contributed by atoms with E-state index in [2.05, 4.69) is 16.0 Å². The van der Waals surface area contributed by atoms with Gasteiger partial charge in [0.05, 0.1) is 38.8 Å². The van der Waals surface area contributed by atoms with Crippen LogP contribution in [0.2, 0.25) is 5.02 Å². The summed E-state index contributed by atoms with van der Waals surface area (Å²) in [5, 5.41) is 22.2. The Hall–Kier alpha value is -4.30. The van der Waals surface area contributed by atoms with Gasteiger partial charge in [-0.3, -0.25) is 14.3 Å². The summed E-state index contributed by atoms with van der Waals surface area (Å²) in [5.74, 6) is 0.0330. The first-order valence-electron chi connectivity index (χ1n) is 13.7. The molecule has 9 nitrogen and oxygen atoms in total. The fourth-order valence-electron chi connectivity index (χ4n) is 5.89. The molecule has 1 aliphatic carbocycles. The molecule has 0 bridgehead atoms. The zero-order valence-electron chi connectivity index (χ0n) is 24.1. The van der Waals surface area contributed by atoms with Gasteiger partial charge in [0.15, 0.2) is 0 Å². The van der Waals surface area contributed by atoms with Crippen LogP contribution in [0.1, 0.15) is 38.6 Å². The van der Waals surface area contributed by atoms with Gasteiger partial charge >= 0.3 is 5.97 Å². The van der Waals surface area contributed by atoms with Gasteiger partial charge in [-0.05, 0) is 82.2 Å². The van der Waals surface area contributed by atoms with Crippen LogP contribution in [0.4, 0.5) is 0 Å². The van der Waals surface area contributed by atoms with E-state index in [0.717, 1.165) is 29.5 Å². The Morgan fingerprint density at radius 2 is 2.00 bits per heavy atom. The number of rotatable bonds is 7. The van der Waals surface area contributed by atoms with Gasteiger partial charge in [-0.2, -0.15) is 5.26 Å². The van der Waals surface area contributed by atoms with E-state index in [1.54, 1.807) is 35.1 Å². The van der Waals surface area contributed by atoms with Crippen LogP contribution < -0.4 is 10.3 Å². The van der Waals surface area contributed by atoms with Gasteiger partial charge in [0.25, 0.3) is 5.56 Å². The largest absolute Gasteiger partial charge is 0.491 e. The highest BCUT2D eigenvalue weighted by Crippen LogP contribution is 2.40. The van der Waals surface area contributed by atoms with Gasteiger partial charge in [0, 0.05) is 33.3 Å². The molecule has 6 rings (SSSR count). The van der Waals surface area contributed by atoms with Gasteiger partial charge in [-0.1, -0.05) is 11.6 Å². The third-order valence-corrected chi connectivity index (χ3v) is 9.30. The fraction of sp³-hybridized carbons (Fsp3) is 0.281. The second kappa shape index (κ2) is 11.1. The van der Waals surface area contributed by atoms with E-state index in [1.165, 1.54) is 11.3 Å². The third-order valence-electron chi connectivity index (χ3n) is 8.06. The number of aromatic carboxylic acids is 1. The van der Waals surface area contributed by atoms with Gasteiger partial charge in [-0.25, -0.2) is 9.78 Å². The lowest BCUT2D eigenvalue weighted by Gasteiger charge is -2.17. The summed E-state index contributed by atoms with van der Waals surface area (Å²) in [7, 11) is 4.05. The van der Waals surface area contributed by atoms with Crippen molar-refractivity contribution in [2.24, 2.45) is 0 Å². The van der Waals surface area contributed by atoms with E-state index in [9.17, 15) is 20.0 Å². The summed E-state index contributed by atoms with van der Waals surface area (Å²) in [6.07, 6.45) is 1.54.